The Hall–Kier alpha value is -1.81. The van der Waals surface area contributed by atoms with Gasteiger partial charge in [0.2, 0.25) is 0 Å². The Balaban J connectivity index is 2.33. The van der Waals surface area contributed by atoms with E-state index in [2.05, 4.69) is 31.0 Å². The molecule has 90 valence electrons. The minimum absolute atomic E-state index is 0.107. The maximum atomic E-state index is 8.95. The molecule has 0 aliphatic carbocycles. The number of anilines is 2. The molecule has 0 bridgehead atoms. The molecule has 0 radical (unpaired) electrons. The van der Waals surface area contributed by atoms with Crippen molar-refractivity contribution in [1.82, 2.24) is 4.98 Å². The van der Waals surface area contributed by atoms with Crippen LogP contribution in [0.3, 0.4) is 0 Å². The van der Waals surface area contributed by atoms with Crippen LogP contribution in [0.2, 0.25) is 0 Å². The van der Waals surface area contributed by atoms with E-state index < -0.39 is 0 Å². The minimum atomic E-state index is -0.107. The van der Waals surface area contributed by atoms with Gasteiger partial charge >= 0.3 is 6.01 Å². The lowest BCUT2D eigenvalue weighted by Crippen LogP contribution is -2.11. The molecule has 0 fully saturated rings. The second-order valence-corrected chi connectivity index (χ2v) is 4.13. The first-order valence-electron chi connectivity index (χ1n) is 5.48. The third-order valence-electron chi connectivity index (χ3n) is 2.70. The van der Waals surface area contributed by atoms with Crippen LogP contribution in [0.25, 0.3) is 0 Å². The quantitative estimate of drug-likeness (QED) is 0.883. The van der Waals surface area contributed by atoms with Gasteiger partial charge in [-0.25, -0.2) is 0 Å². The van der Waals surface area contributed by atoms with Crippen molar-refractivity contribution in [2.24, 2.45) is 0 Å². The van der Waals surface area contributed by atoms with Gasteiger partial charge in [-0.15, -0.1) is 0 Å². The zero-order valence-corrected chi connectivity index (χ0v) is 10.3. The Morgan fingerprint density at radius 3 is 2.71 bits per heavy atom. The van der Waals surface area contributed by atoms with Crippen LogP contribution in [0.15, 0.2) is 28.9 Å². The molecule has 0 atom stereocenters. The molecule has 1 aromatic heterocycles. The zero-order chi connectivity index (χ0) is 12.4. The van der Waals surface area contributed by atoms with Crippen molar-refractivity contribution in [2.75, 3.05) is 11.9 Å². The first-order valence-corrected chi connectivity index (χ1v) is 5.48. The highest BCUT2D eigenvalue weighted by Crippen LogP contribution is 2.26. The number of oxazole rings is 1. The zero-order valence-electron chi connectivity index (χ0n) is 10.3. The van der Waals surface area contributed by atoms with E-state index in [1.54, 1.807) is 0 Å². The van der Waals surface area contributed by atoms with Gasteiger partial charge in [0, 0.05) is 12.7 Å². The number of hydrogen-bond donors (Lipinski definition) is 1. The van der Waals surface area contributed by atoms with E-state index in [0.29, 0.717) is 11.7 Å². The highest BCUT2D eigenvalue weighted by atomic mass is 16.4. The molecule has 0 aliphatic heterocycles. The number of hydrogen-bond acceptors (Lipinski definition) is 4. The summed E-state index contributed by atoms with van der Waals surface area (Å²) in [5.41, 5.74) is 3.97. The van der Waals surface area contributed by atoms with Crippen LogP contribution in [0.5, 0.6) is 0 Å². The van der Waals surface area contributed by atoms with E-state index in [4.69, 9.17) is 9.52 Å². The predicted molar refractivity (Wildman–Crippen MR) is 66.4 cm³/mol. The van der Waals surface area contributed by atoms with Gasteiger partial charge in [-0.05, 0) is 25.5 Å². The van der Waals surface area contributed by atoms with Crippen LogP contribution in [-0.4, -0.2) is 17.1 Å². The Morgan fingerprint density at radius 2 is 2.12 bits per heavy atom. The third-order valence-corrected chi connectivity index (χ3v) is 2.70. The number of aryl methyl sites for hydroxylation is 2. The molecule has 1 N–H and O–H groups in total. The number of aliphatic hydroxyl groups excluding tert-OH is 1. The predicted octanol–water partition coefficient (Wildman–Crippen LogP) is 2.55. The van der Waals surface area contributed by atoms with Gasteiger partial charge in [0.05, 0.1) is 6.61 Å². The van der Waals surface area contributed by atoms with Gasteiger partial charge in [0.15, 0.2) is 0 Å². The summed E-state index contributed by atoms with van der Waals surface area (Å²) in [6.45, 7) is 4.00. The smallest absolute Gasteiger partial charge is 0.301 e. The molecule has 1 heterocycles. The topological polar surface area (TPSA) is 49.5 Å². The number of rotatable bonds is 3. The standard InChI is InChI=1S/C13H16N2O2/c1-9-4-5-12(10(2)6-9)15(3)13-14-11(7-16)8-17-13/h4-6,8,16H,7H2,1-3H3. The van der Waals surface area contributed by atoms with E-state index in [9.17, 15) is 0 Å². The molecule has 0 aliphatic rings. The largest absolute Gasteiger partial charge is 0.431 e. The minimum Gasteiger partial charge on any atom is -0.431 e. The van der Waals surface area contributed by atoms with Crippen molar-refractivity contribution in [3.8, 4) is 0 Å². The third kappa shape index (κ3) is 2.31. The van der Waals surface area contributed by atoms with Gasteiger partial charge in [0.1, 0.15) is 12.0 Å². The molecule has 1 aromatic carbocycles. The summed E-state index contributed by atoms with van der Waals surface area (Å²) in [4.78, 5) is 6.05. The van der Waals surface area contributed by atoms with Crippen molar-refractivity contribution in [2.45, 2.75) is 20.5 Å². The molecular weight excluding hydrogens is 216 g/mol. The van der Waals surface area contributed by atoms with Crippen molar-refractivity contribution in [3.05, 3.63) is 41.3 Å². The van der Waals surface area contributed by atoms with Crippen LogP contribution in [0, 0.1) is 13.8 Å². The summed E-state index contributed by atoms with van der Waals surface area (Å²) in [6.07, 6.45) is 1.47. The van der Waals surface area contributed by atoms with Gasteiger partial charge in [-0.1, -0.05) is 17.7 Å². The Kier molecular flexibility index (Phi) is 3.15. The van der Waals surface area contributed by atoms with Crippen LogP contribution < -0.4 is 4.90 Å². The lowest BCUT2D eigenvalue weighted by Gasteiger charge is -2.17. The average Bonchev–Trinajstić information content (AvgIpc) is 2.76. The average molecular weight is 232 g/mol. The molecular formula is C13H16N2O2. The number of benzene rings is 1. The lowest BCUT2D eigenvalue weighted by molar-refractivity contribution is 0.276. The molecule has 0 unspecified atom stereocenters. The molecule has 17 heavy (non-hydrogen) atoms. The number of aliphatic hydroxyl groups is 1. The summed E-state index contributed by atoms with van der Waals surface area (Å²) in [6, 6.07) is 6.69. The second kappa shape index (κ2) is 4.59. The van der Waals surface area contributed by atoms with Crippen LogP contribution in [0.4, 0.5) is 11.7 Å². The van der Waals surface area contributed by atoms with Crippen molar-refractivity contribution >= 4 is 11.7 Å². The number of aromatic nitrogens is 1. The lowest BCUT2D eigenvalue weighted by atomic mass is 10.1. The van der Waals surface area contributed by atoms with Crippen LogP contribution in [-0.2, 0) is 6.61 Å². The van der Waals surface area contributed by atoms with Crippen molar-refractivity contribution in [1.29, 1.82) is 0 Å². The summed E-state index contributed by atoms with van der Waals surface area (Å²) in [5, 5.41) is 8.95. The first kappa shape index (κ1) is 11.7. The molecule has 0 saturated heterocycles. The summed E-state index contributed by atoms with van der Waals surface area (Å²) in [7, 11) is 1.89. The Morgan fingerprint density at radius 1 is 1.35 bits per heavy atom. The summed E-state index contributed by atoms with van der Waals surface area (Å²) < 4.78 is 5.31. The first-order chi connectivity index (χ1) is 8.11. The van der Waals surface area contributed by atoms with E-state index >= 15 is 0 Å². The molecule has 4 nitrogen and oxygen atoms in total. The fraction of sp³-hybridized carbons (Fsp3) is 0.308. The molecule has 2 aromatic rings. The van der Waals surface area contributed by atoms with Gasteiger partial charge in [-0.2, -0.15) is 4.98 Å². The molecule has 0 spiro atoms. The highest BCUT2D eigenvalue weighted by Gasteiger charge is 2.12. The fourth-order valence-electron chi connectivity index (χ4n) is 1.81. The second-order valence-electron chi connectivity index (χ2n) is 4.13. The molecule has 0 saturated carbocycles. The SMILES string of the molecule is Cc1ccc(N(C)c2nc(CO)co2)c(C)c1. The van der Waals surface area contributed by atoms with Crippen molar-refractivity contribution < 1.29 is 9.52 Å². The molecule has 2 rings (SSSR count). The Labute approximate surface area is 101 Å². The normalized spacial score (nSPS) is 10.6. The summed E-state index contributed by atoms with van der Waals surface area (Å²) >= 11 is 0. The summed E-state index contributed by atoms with van der Waals surface area (Å²) in [5.74, 6) is 0. The molecule has 0 amide bonds. The van der Waals surface area contributed by atoms with E-state index in [0.717, 1.165) is 11.3 Å². The molecule has 4 heteroatoms. The van der Waals surface area contributed by atoms with Crippen LogP contribution >= 0.6 is 0 Å². The van der Waals surface area contributed by atoms with Crippen LogP contribution in [0.1, 0.15) is 16.8 Å². The van der Waals surface area contributed by atoms with Gasteiger partial charge in [0.25, 0.3) is 0 Å². The highest BCUT2D eigenvalue weighted by molar-refractivity contribution is 5.60. The van der Waals surface area contributed by atoms with E-state index in [1.807, 2.05) is 18.0 Å². The maximum Gasteiger partial charge on any atom is 0.301 e. The van der Waals surface area contributed by atoms with Gasteiger partial charge < -0.3 is 9.52 Å². The van der Waals surface area contributed by atoms with E-state index in [1.165, 1.54) is 11.8 Å². The number of nitrogens with zero attached hydrogens (tertiary/aromatic N) is 2. The van der Waals surface area contributed by atoms with E-state index in [-0.39, 0.29) is 6.61 Å². The maximum absolute atomic E-state index is 8.95. The van der Waals surface area contributed by atoms with Crippen molar-refractivity contribution in [3.63, 3.8) is 0 Å². The fourth-order valence-corrected chi connectivity index (χ4v) is 1.81. The Bertz CT molecular complexity index is 520. The van der Waals surface area contributed by atoms with Gasteiger partial charge in [-0.3, -0.25) is 4.90 Å². The monoisotopic (exact) mass is 232 g/mol.